The van der Waals surface area contributed by atoms with Gasteiger partial charge in [0.25, 0.3) is 0 Å². The molecule has 0 aliphatic rings. The second kappa shape index (κ2) is 6.80. The molecule has 4 rings (SSSR count). The molecule has 3 heterocycles. The summed E-state index contributed by atoms with van der Waals surface area (Å²) in [6.45, 7) is 3.95. The van der Waals surface area contributed by atoms with Crippen molar-refractivity contribution in [3.8, 4) is 22.6 Å². The monoisotopic (exact) mass is 362 g/mol. The Hall–Kier alpha value is -2.86. The van der Waals surface area contributed by atoms with Gasteiger partial charge in [0.1, 0.15) is 0 Å². The molecule has 6 heteroatoms. The molecule has 0 aliphatic carbocycles. The molecular formula is C20H18N4OS. The van der Waals surface area contributed by atoms with E-state index in [4.69, 9.17) is 0 Å². The summed E-state index contributed by atoms with van der Waals surface area (Å²) in [5.74, 6) is 1.23. The number of benzene rings is 1. The van der Waals surface area contributed by atoms with Crippen molar-refractivity contribution in [2.24, 2.45) is 0 Å². The van der Waals surface area contributed by atoms with Crippen molar-refractivity contribution >= 4 is 21.7 Å². The van der Waals surface area contributed by atoms with Crippen LogP contribution in [0.25, 0.3) is 33.5 Å². The van der Waals surface area contributed by atoms with E-state index in [9.17, 15) is 4.21 Å². The van der Waals surface area contributed by atoms with Gasteiger partial charge in [0.05, 0.1) is 16.5 Å². The second-order valence-corrected chi connectivity index (χ2v) is 7.80. The van der Waals surface area contributed by atoms with E-state index in [-0.39, 0.29) is 0 Å². The number of rotatable bonds is 4. The highest BCUT2D eigenvalue weighted by Crippen LogP contribution is 2.28. The maximum Gasteiger partial charge on any atom is 0.161 e. The van der Waals surface area contributed by atoms with Gasteiger partial charge in [-0.3, -0.25) is 9.19 Å². The highest BCUT2D eigenvalue weighted by atomic mass is 32.2. The summed E-state index contributed by atoms with van der Waals surface area (Å²) < 4.78 is 12.1. The van der Waals surface area contributed by atoms with Gasteiger partial charge < -0.3 is 4.98 Å². The Morgan fingerprint density at radius 2 is 1.88 bits per heavy atom. The predicted octanol–water partition coefficient (Wildman–Crippen LogP) is 4.12. The second-order valence-electron chi connectivity index (χ2n) is 6.06. The third-order valence-electron chi connectivity index (χ3n) is 4.28. The number of hydrogen-bond donors (Lipinski definition) is 1. The summed E-state index contributed by atoms with van der Waals surface area (Å²) in [6, 6.07) is 9.78. The molecule has 1 unspecified atom stereocenters. The van der Waals surface area contributed by atoms with Crippen LogP contribution in [0.4, 0.5) is 0 Å². The minimum absolute atomic E-state index is 0.597. The van der Waals surface area contributed by atoms with E-state index in [1.54, 1.807) is 18.6 Å². The summed E-state index contributed by atoms with van der Waals surface area (Å²) in [6.07, 6.45) is 7.25. The van der Waals surface area contributed by atoms with Gasteiger partial charge in [-0.05, 0) is 42.8 Å². The van der Waals surface area contributed by atoms with Gasteiger partial charge in [-0.2, -0.15) is 0 Å². The van der Waals surface area contributed by atoms with Crippen molar-refractivity contribution in [1.82, 2.24) is 19.9 Å². The van der Waals surface area contributed by atoms with Gasteiger partial charge in [0.2, 0.25) is 0 Å². The fourth-order valence-electron chi connectivity index (χ4n) is 2.89. The van der Waals surface area contributed by atoms with Crippen LogP contribution >= 0.6 is 0 Å². The Morgan fingerprint density at radius 1 is 1.08 bits per heavy atom. The number of fused-ring (bicyclic) bond motifs is 1. The van der Waals surface area contributed by atoms with Crippen LogP contribution in [0.3, 0.4) is 0 Å². The molecule has 1 aromatic carbocycles. The van der Waals surface area contributed by atoms with Crippen LogP contribution in [0.5, 0.6) is 0 Å². The van der Waals surface area contributed by atoms with Gasteiger partial charge in [-0.25, -0.2) is 9.97 Å². The number of aromatic nitrogens is 4. The summed E-state index contributed by atoms with van der Waals surface area (Å²) in [5.41, 5.74) is 4.76. The molecule has 1 atom stereocenters. The number of hydrogen-bond acceptors (Lipinski definition) is 4. The zero-order chi connectivity index (χ0) is 18.1. The maximum absolute atomic E-state index is 12.1. The topological polar surface area (TPSA) is 71.5 Å². The van der Waals surface area contributed by atoms with Crippen LogP contribution in [0.2, 0.25) is 0 Å². The summed E-state index contributed by atoms with van der Waals surface area (Å²) in [4.78, 5) is 17.5. The molecule has 0 bridgehead atoms. The molecule has 4 aromatic rings. The molecule has 0 amide bonds. The summed E-state index contributed by atoms with van der Waals surface area (Å²) in [7, 11) is -0.989. The first-order valence-electron chi connectivity index (χ1n) is 8.40. The van der Waals surface area contributed by atoms with Gasteiger partial charge >= 0.3 is 0 Å². The molecule has 0 fully saturated rings. The molecule has 0 aliphatic heterocycles. The molecule has 0 spiro atoms. The Labute approximate surface area is 154 Å². The van der Waals surface area contributed by atoms with Crippen molar-refractivity contribution in [3.63, 3.8) is 0 Å². The van der Waals surface area contributed by atoms with Gasteiger partial charge in [0, 0.05) is 57.5 Å². The lowest BCUT2D eigenvalue weighted by atomic mass is 10.1. The van der Waals surface area contributed by atoms with E-state index in [0.29, 0.717) is 11.6 Å². The highest BCUT2D eigenvalue weighted by molar-refractivity contribution is 7.85. The van der Waals surface area contributed by atoms with Crippen molar-refractivity contribution in [1.29, 1.82) is 0 Å². The van der Waals surface area contributed by atoms with Crippen molar-refractivity contribution < 1.29 is 4.21 Å². The van der Waals surface area contributed by atoms with Crippen molar-refractivity contribution in [2.75, 3.05) is 5.75 Å². The van der Waals surface area contributed by atoms with Crippen LogP contribution in [0.1, 0.15) is 12.5 Å². The number of nitrogens with zero attached hydrogens (tertiary/aromatic N) is 3. The van der Waals surface area contributed by atoms with Crippen molar-refractivity contribution in [2.45, 2.75) is 18.7 Å². The Bertz CT molecular complexity index is 1100. The number of nitrogens with one attached hydrogen (secondary N) is 1. The van der Waals surface area contributed by atoms with Crippen LogP contribution < -0.4 is 0 Å². The number of H-pyrrole nitrogens is 1. The molecule has 1 N–H and O–H groups in total. The smallest absolute Gasteiger partial charge is 0.161 e. The lowest BCUT2D eigenvalue weighted by Gasteiger charge is -2.04. The zero-order valence-corrected chi connectivity index (χ0v) is 15.4. The SMILES string of the molecule is CCS(=O)c1ccc2[nH]cc(-c3ncc(-c4cc(C)ccn4)cn3)c2c1. The number of aryl methyl sites for hydroxylation is 1. The van der Waals surface area contributed by atoms with Crippen LogP contribution in [0.15, 0.2) is 60.0 Å². The van der Waals surface area contributed by atoms with Crippen molar-refractivity contribution in [3.05, 3.63) is 60.7 Å². The molecule has 3 aromatic heterocycles. The molecule has 0 radical (unpaired) electrons. The normalized spacial score (nSPS) is 12.4. The zero-order valence-electron chi connectivity index (χ0n) is 14.6. The molecule has 130 valence electrons. The van der Waals surface area contributed by atoms with Crippen LogP contribution in [-0.2, 0) is 10.8 Å². The molecule has 5 nitrogen and oxygen atoms in total. The Kier molecular flexibility index (Phi) is 4.34. The first-order valence-corrected chi connectivity index (χ1v) is 9.72. The molecule has 26 heavy (non-hydrogen) atoms. The van der Waals surface area contributed by atoms with E-state index in [1.807, 2.05) is 50.4 Å². The minimum atomic E-state index is -0.989. The van der Waals surface area contributed by atoms with Crippen LogP contribution in [-0.4, -0.2) is 29.9 Å². The largest absolute Gasteiger partial charge is 0.360 e. The fraction of sp³-hybridized carbons (Fsp3) is 0.150. The standard InChI is InChI=1S/C20H18N4OS/c1-3-26(25)15-4-5-18-16(9-15)17(12-22-18)20-23-10-14(11-24-20)19-8-13(2)6-7-21-19/h4-12,22H,3H2,1-2H3. The Balaban J connectivity index is 1.74. The van der Waals surface area contributed by atoms with Crippen LogP contribution in [0, 0.1) is 6.92 Å². The van der Waals surface area contributed by atoms with Gasteiger partial charge in [-0.1, -0.05) is 6.92 Å². The van der Waals surface area contributed by atoms with E-state index < -0.39 is 10.8 Å². The minimum Gasteiger partial charge on any atom is -0.360 e. The average molecular weight is 362 g/mol. The first-order chi connectivity index (χ1) is 12.7. The highest BCUT2D eigenvalue weighted by Gasteiger charge is 2.12. The predicted molar refractivity (Wildman–Crippen MR) is 104 cm³/mol. The quantitative estimate of drug-likeness (QED) is 0.593. The average Bonchev–Trinajstić information content (AvgIpc) is 3.10. The molecule has 0 saturated heterocycles. The summed E-state index contributed by atoms with van der Waals surface area (Å²) in [5, 5.41) is 0.978. The van der Waals surface area contributed by atoms with Gasteiger partial charge in [-0.15, -0.1) is 0 Å². The lowest BCUT2D eigenvalue weighted by Crippen LogP contribution is -1.94. The van der Waals surface area contributed by atoms with E-state index in [2.05, 4.69) is 19.9 Å². The Morgan fingerprint density at radius 3 is 2.62 bits per heavy atom. The fourth-order valence-corrected chi connectivity index (χ4v) is 3.69. The molecule has 0 saturated carbocycles. The first kappa shape index (κ1) is 16.6. The van der Waals surface area contributed by atoms with E-state index >= 15 is 0 Å². The van der Waals surface area contributed by atoms with E-state index in [1.165, 1.54) is 0 Å². The maximum atomic E-state index is 12.1. The number of aromatic amines is 1. The third kappa shape index (κ3) is 3.04. The number of pyridine rings is 1. The van der Waals surface area contributed by atoms with E-state index in [0.717, 1.165) is 38.2 Å². The van der Waals surface area contributed by atoms with Gasteiger partial charge in [0.15, 0.2) is 5.82 Å². The third-order valence-corrected chi connectivity index (χ3v) is 5.59. The lowest BCUT2D eigenvalue weighted by molar-refractivity contribution is 0.684. The molecular weight excluding hydrogens is 344 g/mol. The summed E-state index contributed by atoms with van der Waals surface area (Å²) >= 11 is 0.